The van der Waals surface area contributed by atoms with Crippen LogP contribution in [0.5, 0.6) is 5.75 Å². The molecule has 2 aromatic rings. The summed E-state index contributed by atoms with van der Waals surface area (Å²) in [6, 6.07) is 15.1. The Morgan fingerprint density at radius 1 is 1.16 bits per heavy atom. The predicted molar refractivity (Wildman–Crippen MR) is 118 cm³/mol. The molecule has 1 amide bonds. The molecule has 170 valence electrons. The van der Waals surface area contributed by atoms with E-state index in [1.807, 2.05) is 55.5 Å². The van der Waals surface area contributed by atoms with Crippen molar-refractivity contribution in [1.29, 1.82) is 0 Å². The SMILES string of the molecule is CCCC(C(=O)OC)N1C(=O)c2cc(OCc3ccccc3)ccc2C12CC2.COC=O. The maximum Gasteiger partial charge on any atom is 0.328 e. The van der Waals surface area contributed by atoms with Crippen molar-refractivity contribution in [2.45, 2.75) is 50.8 Å². The van der Waals surface area contributed by atoms with Crippen molar-refractivity contribution in [3.8, 4) is 5.75 Å². The number of hydrogen-bond donors (Lipinski definition) is 0. The van der Waals surface area contributed by atoms with Crippen LogP contribution in [0.15, 0.2) is 48.5 Å². The van der Waals surface area contributed by atoms with Crippen molar-refractivity contribution >= 4 is 18.3 Å². The first-order valence-electron chi connectivity index (χ1n) is 10.7. The first-order chi connectivity index (χ1) is 15.5. The van der Waals surface area contributed by atoms with Crippen molar-refractivity contribution in [3.63, 3.8) is 0 Å². The Morgan fingerprint density at radius 2 is 1.84 bits per heavy atom. The van der Waals surface area contributed by atoms with Gasteiger partial charge >= 0.3 is 5.97 Å². The van der Waals surface area contributed by atoms with Crippen molar-refractivity contribution < 1.29 is 28.6 Å². The maximum atomic E-state index is 13.3. The van der Waals surface area contributed by atoms with E-state index in [4.69, 9.17) is 14.3 Å². The number of rotatable bonds is 8. The molecule has 1 saturated carbocycles. The Hall–Kier alpha value is -3.35. The van der Waals surface area contributed by atoms with Gasteiger partial charge < -0.3 is 19.1 Å². The summed E-state index contributed by atoms with van der Waals surface area (Å²) in [7, 11) is 2.70. The quantitative estimate of drug-likeness (QED) is 0.459. The van der Waals surface area contributed by atoms with E-state index in [1.54, 1.807) is 4.90 Å². The minimum Gasteiger partial charge on any atom is -0.489 e. The summed E-state index contributed by atoms with van der Waals surface area (Å²) < 4.78 is 14.8. The molecule has 1 heterocycles. The van der Waals surface area contributed by atoms with E-state index in [-0.39, 0.29) is 17.4 Å². The first-order valence-corrected chi connectivity index (χ1v) is 10.7. The van der Waals surface area contributed by atoms with Crippen LogP contribution < -0.4 is 4.74 Å². The number of ether oxygens (including phenoxy) is 3. The van der Waals surface area contributed by atoms with Gasteiger partial charge in [-0.3, -0.25) is 9.59 Å². The molecule has 0 aromatic heterocycles. The van der Waals surface area contributed by atoms with Gasteiger partial charge in [-0.25, -0.2) is 4.79 Å². The third-order valence-electron chi connectivity index (χ3n) is 5.82. The number of carbonyl (C=O) groups is 3. The monoisotopic (exact) mass is 439 g/mol. The summed E-state index contributed by atoms with van der Waals surface area (Å²) in [5.74, 6) is 0.232. The summed E-state index contributed by atoms with van der Waals surface area (Å²) >= 11 is 0. The van der Waals surface area contributed by atoms with Crippen LogP contribution in [0.4, 0.5) is 0 Å². The van der Waals surface area contributed by atoms with Gasteiger partial charge in [0, 0.05) is 5.56 Å². The molecule has 2 aromatic carbocycles. The van der Waals surface area contributed by atoms with Crippen LogP contribution in [0, 0.1) is 0 Å². The molecule has 2 aliphatic rings. The number of methoxy groups -OCH3 is 2. The van der Waals surface area contributed by atoms with Crippen LogP contribution in [-0.4, -0.2) is 43.5 Å². The van der Waals surface area contributed by atoms with Crippen molar-refractivity contribution in [3.05, 3.63) is 65.2 Å². The molecule has 0 radical (unpaired) electrons. The number of amides is 1. The zero-order valence-corrected chi connectivity index (χ0v) is 18.7. The fraction of sp³-hybridized carbons (Fsp3) is 0.400. The topological polar surface area (TPSA) is 82.1 Å². The van der Waals surface area contributed by atoms with Gasteiger partial charge in [0.05, 0.1) is 19.8 Å². The van der Waals surface area contributed by atoms with Crippen LogP contribution >= 0.6 is 0 Å². The molecule has 1 aliphatic heterocycles. The van der Waals surface area contributed by atoms with Crippen molar-refractivity contribution in [1.82, 2.24) is 4.90 Å². The molecular weight excluding hydrogens is 410 g/mol. The Kier molecular flexibility index (Phi) is 7.51. The number of fused-ring (bicyclic) bond motifs is 2. The highest BCUT2D eigenvalue weighted by Gasteiger charge is 2.60. The second-order valence-electron chi connectivity index (χ2n) is 7.85. The number of esters is 1. The minimum absolute atomic E-state index is 0.0958. The molecule has 4 rings (SSSR count). The summed E-state index contributed by atoms with van der Waals surface area (Å²) in [6.07, 6.45) is 3.17. The van der Waals surface area contributed by atoms with Gasteiger partial charge in [-0.05, 0) is 42.5 Å². The number of benzene rings is 2. The third-order valence-corrected chi connectivity index (χ3v) is 5.82. The van der Waals surface area contributed by atoms with Gasteiger partial charge in [0.1, 0.15) is 18.4 Å². The van der Waals surface area contributed by atoms with Gasteiger partial charge in [-0.1, -0.05) is 49.7 Å². The fourth-order valence-electron chi connectivity index (χ4n) is 4.22. The van der Waals surface area contributed by atoms with E-state index < -0.39 is 6.04 Å². The van der Waals surface area contributed by atoms with Gasteiger partial charge in [0.25, 0.3) is 12.4 Å². The van der Waals surface area contributed by atoms with Crippen LogP contribution in [0.25, 0.3) is 0 Å². The van der Waals surface area contributed by atoms with E-state index in [0.717, 1.165) is 30.4 Å². The molecule has 7 nitrogen and oxygen atoms in total. The Morgan fingerprint density at radius 3 is 2.41 bits per heavy atom. The van der Waals surface area contributed by atoms with Gasteiger partial charge in [0.2, 0.25) is 0 Å². The van der Waals surface area contributed by atoms with E-state index in [9.17, 15) is 9.59 Å². The number of hydrogen-bond acceptors (Lipinski definition) is 6. The van der Waals surface area contributed by atoms with E-state index in [1.165, 1.54) is 14.2 Å². The lowest BCUT2D eigenvalue weighted by molar-refractivity contribution is -0.147. The van der Waals surface area contributed by atoms with Crippen molar-refractivity contribution in [2.75, 3.05) is 14.2 Å². The van der Waals surface area contributed by atoms with Gasteiger partial charge in [-0.2, -0.15) is 0 Å². The average molecular weight is 440 g/mol. The lowest BCUT2D eigenvalue weighted by Gasteiger charge is -2.32. The highest BCUT2D eigenvalue weighted by Crippen LogP contribution is 2.58. The molecule has 0 bridgehead atoms. The summed E-state index contributed by atoms with van der Waals surface area (Å²) in [5, 5.41) is 0. The molecule has 0 N–H and O–H groups in total. The first kappa shape index (κ1) is 23.3. The van der Waals surface area contributed by atoms with Gasteiger partial charge in [0.15, 0.2) is 0 Å². The second-order valence-corrected chi connectivity index (χ2v) is 7.85. The average Bonchev–Trinajstić information content (AvgIpc) is 3.59. The highest BCUT2D eigenvalue weighted by molar-refractivity contribution is 6.03. The Labute approximate surface area is 188 Å². The molecule has 1 atom stereocenters. The van der Waals surface area contributed by atoms with Crippen molar-refractivity contribution in [2.24, 2.45) is 0 Å². The Bertz CT molecular complexity index is 954. The zero-order chi connectivity index (χ0) is 23.1. The lowest BCUT2D eigenvalue weighted by atomic mass is 10.0. The van der Waals surface area contributed by atoms with Crippen LogP contribution in [-0.2, 0) is 31.2 Å². The third kappa shape index (κ3) is 4.61. The Balaban J connectivity index is 0.000000668. The largest absolute Gasteiger partial charge is 0.489 e. The van der Waals surface area contributed by atoms with Crippen LogP contribution in [0.1, 0.15) is 54.1 Å². The molecule has 7 heteroatoms. The van der Waals surface area contributed by atoms with E-state index in [2.05, 4.69) is 4.74 Å². The molecular formula is C25H29NO6. The summed E-state index contributed by atoms with van der Waals surface area (Å²) in [5.41, 5.74) is 2.38. The summed E-state index contributed by atoms with van der Waals surface area (Å²) in [6.45, 7) is 2.84. The molecule has 0 saturated heterocycles. The molecule has 1 unspecified atom stereocenters. The molecule has 32 heavy (non-hydrogen) atoms. The minimum atomic E-state index is -0.536. The number of nitrogens with zero attached hydrogens (tertiary/aromatic N) is 1. The molecule has 1 spiro atoms. The molecule has 1 fully saturated rings. The fourth-order valence-corrected chi connectivity index (χ4v) is 4.22. The van der Waals surface area contributed by atoms with Crippen LogP contribution in [0.2, 0.25) is 0 Å². The smallest absolute Gasteiger partial charge is 0.328 e. The maximum absolute atomic E-state index is 13.3. The lowest BCUT2D eigenvalue weighted by Crippen LogP contribution is -2.47. The van der Waals surface area contributed by atoms with Crippen LogP contribution in [0.3, 0.4) is 0 Å². The van der Waals surface area contributed by atoms with Gasteiger partial charge in [-0.15, -0.1) is 0 Å². The number of carbonyl (C=O) groups excluding carboxylic acids is 3. The molecule has 1 aliphatic carbocycles. The zero-order valence-electron chi connectivity index (χ0n) is 18.7. The predicted octanol–water partition coefficient (Wildman–Crippen LogP) is 3.84. The normalized spacial score (nSPS) is 15.8. The highest BCUT2D eigenvalue weighted by atomic mass is 16.5. The van der Waals surface area contributed by atoms with E-state index in [0.29, 0.717) is 30.8 Å². The van der Waals surface area contributed by atoms with E-state index >= 15 is 0 Å². The summed E-state index contributed by atoms with van der Waals surface area (Å²) in [4.78, 5) is 36.4. The standard InChI is InChI=1S/C23H25NO4.C2H4O2/c1-3-7-20(22(26)27-2)24-21(25)18-14-17(10-11-19(18)23(24)12-13-23)28-15-16-8-5-4-6-9-16;1-4-2-3/h4-6,8-11,14,20H,3,7,12-13,15H2,1-2H3;2H,1H3. The second kappa shape index (κ2) is 10.3.